The third-order valence-electron chi connectivity index (χ3n) is 4.49. The van der Waals surface area contributed by atoms with Crippen molar-refractivity contribution < 1.29 is 14.3 Å². The van der Waals surface area contributed by atoms with Gasteiger partial charge in [0.25, 0.3) is 5.91 Å². The van der Waals surface area contributed by atoms with Crippen molar-refractivity contribution in [2.45, 2.75) is 13.0 Å². The van der Waals surface area contributed by atoms with Gasteiger partial charge in [-0.1, -0.05) is 6.07 Å². The number of nitrogens with two attached hydrogens (primary N) is 1. The quantitative estimate of drug-likeness (QED) is 0.756. The lowest BCUT2D eigenvalue weighted by molar-refractivity contribution is 0.00331. The van der Waals surface area contributed by atoms with E-state index in [1.165, 1.54) is 0 Å². The summed E-state index contributed by atoms with van der Waals surface area (Å²) in [7, 11) is 1.58. The zero-order valence-electron chi connectivity index (χ0n) is 14.1. The number of carbonyl (C=O) groups excluding carboxylic acids is 1. The maximum Gasteiger partial charge on any atom is 0.274 e. The Kier molecular flexibility index (Phi) is 3.69. The molecule has 1 aliphatic rings. The van der Waals surface area contributed by atoms with E-state index in [0.717, 1.165) is 5.39 Å². The number of amides is 1. The average molecular weight is 341 g/mol. The predicted molar refractivity (Wildman–Crippen MR) is 92.8 cm³/mol. The van der Waals surface area contributed by atoms with E-state index in [2.05, 4.69) is 9.97 Å². The minimum Gasteiger partial charge on any atom is -0.494 e. The lowest BCUT2D eigenvalue weighted by atomic mass is 10.2. The van der Waals surface area contributed by atoms with E-state index in [1.54, 1.807) is 22.6 Å². The molecule has 3 aromatic rings. The van der Waals surface area contributed by atoms with Crippen LogP contribution in [0.3, 0.4) is 0 Å². The number of hydrogen-bond acceptors (Lipinski definition) is 6. The monoisotopic (exact) mass is 341 g/mol. The summed E-state index contributed by atoms with van der Waals surface area (Å²) in [5.74, 6) is 0.743. The van der Waals surface area contributed by atoms with Gasteiger partial charge in [0.2, 0.25) is 5.95 Å². The molecule has 1 amide bonds. The number of methoxy groups -OCH3 is 1. The highest BCUT2D eigenvalue weighted by Gasteiger charge is 2.27. The number of imidazole rings is 1. The Morgan fingerprint density at radius 2 is 2.24 bits per heavy atom. The molecule has 1 fully saturated rings. The van der Waals surface area contributed by atoms with Crippen LogP contribution >= 0.6 is 0 Å². The topological polar surface area (TPSA) is 95.0 Å². The summed E-state index contributed by atoms with van der Waals surface area (Å²) in [6.07, 6.45) is 1.64. The second-order valence-electron chi connectivity index (χ2n) is 6.07. The second kappa shape index (κ2) is 5.89. The van der Waals surface area contributed by atoms with Gasteiger partial charge in [-0.05, 0) is 19.1 Å². The number of anilines is 1. The molecule has 3 heterocycles. The lowest BCUT2D eigenvalue weighted by Gasteiger charge is -2.32. The van der Waals surface area contributed by atoms with Gasteiger partial charge >= 0.3 is 0 Å². The van der Waals surface area contributed by atoms with E-state index in [4.69, 9.17) is 15.2 Å². The molecule has 4 rings (SSSR count). The number of ether oxygens (including phenoxy) is 2. The van der Waals surface area contributed by atoms with Gasteiger partial charge in [0, 0.05) is 18.1 Å². The van der Waals surface area contributed by atoms with Crippen molar-refractivity contribution in [3.8, 4) is 5.75 Å². The molecule has 0 spiro atoms. The average Bonchev–Trinajstić information content (AvgIpc) is 3.07. The van der Waals surface area contributed by atoms with E-state index in [9.17, 15) is 4.79 Å². The van der Waals surface area contributed by atoms with E-state index in [0.29, 0.717) is 42.4 Å². The second-order valence-corrected chi connectivity index (χ2v) is 6.07. The fourth-order valence-corrected chi connectivity index (χ4v) is 3.18. The van der Waals surface area contributed by atoms with Gasteiger partial charge in [-0.15, -0.1) is 0 Å². The Morgan fingerprint density at radius 1 is 1.40 bits per heavy atom. The van der Waals surface area contributed by atoms with E-state index < -0.39 is 0 Å². The summed E-state index contributed by atoms with van der Waals surface area (Å²) in [6, 6.07) is 5.58. The maximum absolute atomic E-state index is 12.9. The molecule has 8 heteroatoms. The number of fused-ring (bicyclic) bond motifs is 3. The molecule has 1 saturated heterocycles. The zero-order chi connectivity index (χ0) is 17.6. The number of hydrogen-bond donors (Lipinski definition) is 1. The molecule has 0 radical (unpaired) electrons. The third kappa shape index (κ3) is 2.45. The Labute approximate surface area is 144 Å². The highest BCUT2D eigenvalue weighted by Crippen LogP contribution is 2.28. The normalized spacial score (nSPS) is 18.0. The Bertz CT molecular complexity index is 968. The van der Waals surface area contributed by atoms with Crippen molar-refractivity contribution in [3.05, 3.63) is 30.1 Å². The SMILES string of the molecule is COc1cccc2c1nc(N)n1cc(C(=O)N3CCOC[C@H]3C)nc21. The molecule has 0 bridgehead atoms. The number of aromatic nitrogens is 3. The van der Waals surface area contributed by atoms with E-state index in [-0.39, 0.29) is 17.9 Å². The maximum atomic E-state index is 12.9. The lowest BCUT2D eigenvalue weighted by Crippen LogP contribution is -2.47. The largest absolute Gasteiger partial charge is 0.494 e. The third-order valence-corrected chi connectivity index (χ3v) is 4.49. The fraction of sp³-hybridized carbons (Fsp3) is 0.353. The van der Waals surface area contributed by atoms with Crippen molar-refractivity contribution in [1.29, 1.82) is 0 Å². The van der Waals surface area contributed by atoms with Crippen LogP contribution in [0.15, 0.2) is 24.4 Å². The van der Waals surface area contributed by atoms with Crippen molar-refractivity contribution in [3.63, 3.8) is 0 Å². The first-order chi connectivity index (χ1) is 12.1. The van der Waals surface area contributed by atoms with E-state index in [1.807, 2.05) is 25.1 Å². The summed E-state index contributed by atoms with van der Waals surface area (Å²) in [4.78, 5) is 23.6. The molecule has 1 atom stereocenters. The summed E-state index contributed by atoms with van der Waals surface area (Å²) < 4.78 is 12.4. The number of nitrogen functional groups attached to an aromatic ring is 1. The Hall–Kier alpha value is -2.87. The van der Waals surface area contributed by atoms with Gasteiger partial charge in [0.15, 0.2) is 0 Å². The summed E-state index contributed by atoms with van der Waals surface area (Å²) in [6.45, 7) is 3.58. The van der Waals surface area contributed by atoms with Gasteiger partial charge in [-0.2, -0.15) is 0 Å². The van der Waals surface area contributed by atoms with Crippen molar-refractivity contribution >= 4 is 28.4 Å². The highest BCUT2D eigenvalue weighted by molar-refractivity contribution is 5.99. The molecule has 2 aromatic heterocycles. The van der Waals surface area contributed by atoms with Crippen LogP contribution < -0.4 is 10.5 Å². The Morgan fingerprint density at radius 3 is 3.00 bits per heavy atom. The molecule has 25 heavy (non-hydrogen) atoms. The molecule has 2 N–H and O–H groups in total. The summed E-state index contributed by atoms with van der Waals surface area (Å²) >= 11 is 0. The van der Waals surface area contributed by atoms with Gasteiger partial charge < -0.3 is 20.1 Å². The first-order valence-electron chi connectivity index (χ1n) is 8.10. The minimum absolute atomic E-state index is 0.0124. The molecule has 0 saturated carbocycles. The van der Waals surface area contributed by atoms with Crippen molar-refractivity contribution in [2.75, 3.05) is 32.6 Å². The van der Waals surface area contributed by atoms with Gasteiger partial charge in [0.1, 0.15) is 22.6 Å². The van der Waals surface area contributed by atoms with Crippen LogP contribution in [0.1, 0.15) is 17.4 Å². The van der Waals surface area contributed by atoms with Crippen LogP contribution in [-0.4, -0.2) is 58.1 Å². The summed E-state index contributed by atoms with van der Waals surface area (Å²) in [5, 5.41) is 0.780. The molecular formula is C17H19N5O3. The van der Waals surface area contributed by atoms with Crippen LogP contribution in [0.25, 0.3) is 16.6 Å². The van der Waals surface area contributed by atoms with Crippen LogP contribution in [0.5, 0.6) is 5.75 Å². The van der Waals surface area contributed by atoms with Crippen LogP contribution in [0.4, 0.5) is 5.95 Å². The van der Waals surface area contributed by atoms with Crippen LogP contribution in [0, 0.1) is 0 Å². The predicted octanol–water partition coefficient (Wildman–Crippen LogP) is 1.33. The fourth-order valence-electron chi connectivity index (χ4n) is 3.18. The molecule has 0 aliphatic carbocycles. The first kappa shape index (κ1) is 15.6. The molecule has 1 aliphatic heterocycles. The van der Waals surface area contributed by atoms with Crippen LogP contribution in [0.2, 0.25) is 0 Å². The standard InChI is InChI=1S/C17H19N5O3/c1-10-9-25-7-6-21(10)16(23)12-8-22-15(19-12)11-4-3-5-13(24-2)14(11)20-17(22)18/h3-5,8,10H,6-7,9H2,1-2H3,(H2,18,20)/t10-/m1/s1. The van der Waals surface area contributed by atoms with Crippen molar-refractivity contribution in [1.82, 2.24) is 19.3 Å². The number of carbonyl (C=O) groups is 1. The van der Waals surface area contributed by atoms with Gasteiger partial charge in [-0.25, -0.2) is 9.97 Å². The number of benzene rings is 1. The van der Waals surface area contributed by atoms with E-state index >= 15 is 0 Å². The number of para-hydroxylation sites is 1. The molecule has 0 unspecified atom stereocenters. The molecular weight excluding hydrogens is 322 g/mol. The number of morpholine rings is 1. The number of nitrogens with zero attached hydrogens (tertiary/aromatic N) is 4. The highest BCUT2D eigenvalue weighted by atomic mass is 16.5. The zero-order valence-corrected chi connectivity index (χ0v) is 14.1. The van der Waals surface area contributed by atoms with Crippen LogP contribution in [-0.2, 0) is 4.74 Å². The summed E-state index contributed by atoms with van der Waals surface area (Å²) in [5.41, 5.74) is 7.63. The Balaban J connectivity index is 1.86. The van der Waals surface area contributed by atoms with Gasteiger partial charge in [-0.3, -0.25) is 9.20 Å². The smallest absolute Gasteiger partial charge is 0.274 e. The molecule has 1 aromatic carbocycles. The number of rotatable bonds is 2. The molecule has 8 nitrogen and oxygen atoms in total. The van der Waals surface area contributed by atoms with Crippen molar-refractivity contribution in [2.24, 2.45) is 0 Å². The van der Waals surface area contributed by atoms with Gasteiger partial charge in [0.05, 0.1) is 26.4 Å². The minimum atomic E-state index is -0.130. The first-order valence-corrected chi connectivity index (χ1v) is 8.10. The molecule has 130 valence electrons.